The van der Waals surface area contributed by atoms with E-state index >= 15 is 0 Å². The van der Waals surface area contributed by atoms with Crippen LogP contribution in [0.5, 0.6) is 0 Å². The van der Waals surface area contributed by atoms with Gasteiger partial charge in [-0.15, -0.1) is 0 Å². The van der Waals surface area contributed by atoms with Crippen LogP contribution >= 0.6 is 0 Å². The lowest BCUT2D eigenvalue weighted by atomic mass is 9.57. The zero-order valence-electron chi connectivity index (χ0n) is 16.0. The van der Waals surface area contributed by atoms with Gasteiger partial charge in [0.1, 0.15) is 0 Å². The lowest BCUT2D eigenvalue weighted by molar-refractivity contribution is 0.00205. The van der Waals surface area contributed by atoms with E-state index in [2.05, 4.69) is 61.3 Å². The van der Waals surface area contributed by atoms with Crippen molar-refractivity contribution in [2.45, 2.75) is 58.2 Å². The Labute approximate surface area is 146 Å². The number of piperidine rings is 1. The molecular formula is C19H34N4O. The summed E-state index contributed by atoms with van der Waals surface area (Å²) in [6.07, 6.45) is 4.86. The molecule has 0 spiro atoms. The molecule has 2 heterocycles. The molecule has 1 saturated carbocycles. The second-order valence-electron chi connectivity index (χ2n) is 8.78. The van der Waals surface area contributed by atoms with Crippen LogP contribution in [0.4, 0.5) is 0 Å². The normalized spacial score (nSPS) is 28.2. The fourth-order valence-corrected chi connectivity index (χ4v) is 4.20. The van der Waals surface area contributed by atoms with Crippen molar-refractivity contribution >= 4 is 0 Å². The van der Waals surface area contributed by atoms with E-state index in [1.165, 1.54) is 32.4 Å². The number of hydrogen-bond acceptors (Lipinski definition) is 5. The van der Waals surface area contributed by atoms with Crippen LogP contribution in [0.25, 0.3) is 0 Å². The van der Waals surface area contributed by atoms with E-state index in [0.717, 1.165) is 24.4 Å². The van der Waals surface area contributed by atoms with Gasteiger partial charge in [0.2, 0.25) is 0 Å². The standard InChI is InChI=1S/C19H34N4O/c1-19(2)14(10-16-12-17(24-21-16)13-22(3)4)11-18(19)20-15-6-8-23(5)9-7-15/h12,14-15,18,20H,6-11,13H2,1-5H3/t14-,18+/m1/s1. The van der Waals surface area contributed by atoms with E-state index in [0.29, 0.717) is 23.4 Å². The third-order valence-electron chi connectivity index (χ3n) is 6.16. The Morgan fingerprint density at radius 1 is 1.33 bits per heavy atom. The van der Waals surface area contributed by atoms with E-state index in [-0.39, 0.29) is 0 Å². The van der Waals surface area contributed by atoms with Crippen LogP contribution < -0.4 is 5.32 Å². The molecule has 3 rings (SSSR count). The number of nitrogens with one attached hydrogen (secondary N) is 1. The highest BCUT2D eigenvalue weighted by atomic mass is 16.5. The molecular weight excluding hydrogens is 300 g/mol. The maximum absolute atomic E-state index is 5.46. The third-order valence-corrected chi connectivity index (χ3v) is 6.16. The highest BCUT2D eigenvalue weighted by molar-refractivity contribution is 5.11. The second-order valence-corrected chi connectivity index (χ2v) is 8.78. The van der Waals surface area contributed by atoms with Crippen molar-refractivity contribution in [1.29, 1.82) is 0 Å². The van der Waals surface area contributed by atoms with Gasteiger partial charge < -0.3 is 19.6 Å². The summed E-state index contributed by atoms with van der Waals surface area (Å²) in [6, 6.07) is 3.47. The average Bonchev–Trinajstić information content (AvgIpc) is 2.94. The Morgan fingerprint density at radius 2 is 2.04 bits per heavy atom. The Bertz CT molecular complexity index is 531. The minimum absolute atomic E-state index is 0.337. The molecule has 2 aliphatic rings. The molecule has 0 unspecified atom stereocenters. The quantitative estimate of drug-likeness (QED) is 0.865. The van der Waals surface area contributed by atoms with Gasteiger partial charge in [-0.3, -0.25) is 0 Å². The Morgan fingerprint density at radius 3 is 2.67 bits per heavy atom. The van der Waals surface area contributed by atoms with Crippen molar-refractivity contribution in [3.05, 3.63) is 17.5 Å². The van der Waals surface area contributed by atoms with Gasteiger partial charge in [-0.2, -0.15) is 0 Å². The highest BCUT2D eigenvalue weighted by Crippen LogP contribution is 2.48. The van der Waals surface area contributed by atoms with Crippen molar-refractivity contribution in [2.75, 3.05) is 34.2 Å². The SMILES string of the molecule is CN(C)Cc1cc(C[C@@H]2C[C@H](NC3CCN(C)CC3)C2(C)C)no1. The molecule has 1 aromatic heterocycles. The summed E-state index contributed by atoms with van der Waals surface area (Å²) in [5.74, 6) is 1.66. The van der Waals surface area contributed by atoms with Crippen molar-refractivity contribution < 1.29 is 4.52 Å². The molecule has 5 nitrogen and oxygen atoms in total. The Balaban J connectivity index is 1.49. The maximum atomic E-state index is 5.46. The fraction of sp³-hybridized carbons (Fsp3) is 0.842. The largest absolute Gasteiger partial charge is 0.360 e. The lowest BCUT2D eigenvalue weighted by Gasteiger charge is -2.54. The van der Waals surface area contributed by atoms with E-state index in [9.17, 15) is 0 Å². The smallest absolute Gasteiger partial charge is 0.150 e. The zero-order chi connectivity index (χ0) is 17.3. The van der Waals surface area contributed by atoms with Gasteiger partial charge in [0.05, 0.1) is 12.2 Å². The van der Waals surface area contributed by atoms with Gasteiger partial charge in [0, 0.05) is 18.2 Å². The first kappa shape index (κ1) is 17.9. The molecule has 1 aliphatic heterocycles. The number of likely N-dealkylation sites (tertiary alicyclic amines) is 1. The van der Waals surface area contributed by atoms with Gasteiger partial charge in [-0.1, -0.05) is 19.0 Å². The van der Waals surface area contributed by atoms with Gasteiger partial charge in [0.15, 0.2) is 5.76 Å². The first-order valence-corrected chi connectivity index (χ1v) is 9.38. The van der Waals surface area contributed by atoms with Crippen LogP contribution in [-0.2, 0) is 13.0 Å². The molecule has 136 valence electrons. The highest BCUT2D eigenvalue weighted by Gasteiger charge is 2.48. The van der Waals surface area contributed by atoms with Crippen molar-refractivity contribution in [1.82, 2.24) is 20.3 Å². The summed E-state index contributed by atoms with van der Waals surface area (Å²) in [4.78, 5) is 4.54. The van der Waals surface area contributed by atoms with Crippen LogP contribution in [0.1, 0.15) is 44.6 Å². The van der Waals surface area contributed by atoms with Gasteiger partial charge in [-0.05, 0) is 71.2 Å². The molecule has 1 saturated heterocycles. The van der Waals surface area contributed by atoms with Crippen LogP contribution in [0, 0.1) is 11.3 Å². The molecule has 5 heteroatoms. The monoisotopic (exact) mass is 334 g/mol. The van der Waals surface area contributed by atoms with Crippen molar-refractivity contribution in [3.63, 3.8) is 0 Å². The van der Waals surface area contributed by atoms with Crippen LogP contribution in [0.15, 0.2) is 10.6 Å². The van der Waals surface area contributed by atoms with Gasteiger partial charge in [-0.25, -0.2) is 0 Å². The van der Waals surface area contributed by atoms with Crippen LogP contribution in [0.2, 0.25) is 0 Å². The average molecular weight is 335 g/mol. The first-order valence-electron chi connectivity index (χ1n) is 9.38. The predicted octanol–water partition coefficient (Wildman–Crippen LogP) is 2.38. The minimum atomic E-state index is 0.337. The molecule has 1 aromatic rings. The lowest BCUT2D eigenvalue weighted by Crippen LogP contribution is -2.60. The van der Waals surface area contributed by atoms with Crippen LogP contribution in [0.3, 0.4) is 0 Å². The molecule has 0 amide bonds. The van der Waals surface area contributed by atoms with Gasteiger partial charge >= 0.3 is 0 Å². The van der Waals surface area contributed by atoms with Crippen molar-refractivity contribution in [2.24, 2.45) is 11.3 Å². The van der Waals surface area contributed by atoms with Gasteiger partial charge in [0.25, 0.3) is 0 Å². The van der Waals surface area contributed by atoms with Crippen LogP contribution in [-0.4, -0.2) is 61.3 Å². The molecule has 0 radical (unpaired) electrons. The number of rotatable bonds is 6. The number of aromatic nitrogens is 1. The zero-order valence-corrected chi connectivity index (χ0v) is 16.0. The third kappa shape index (κ3) is 4.01. The fourth-order valence-electron chi connectivity index (χ4n) is 4.20. The topological polar surface area (TPSA) is 44.5 Å². The molecule has 2 fully saturated rings. The predicted molar refractivity (Wildman–Crippen MR) is 96.9 cm³/mol. The number of hydrogen-bond donors (Lipinski definition) is 1. The second kappa shape index (κ2) is 7.14. The van der Waals surface area contributed by atoms with E-state index in [1.807, 2.05) is 0 Å². The van der Waals surface area contributed by atoms with E-state index in [4.69, 9.17) is 4.52 Å². The number of nitrogens with zero attached hydrogens (tertiary/aromatic N) is 3. The van der Waals surface area contributed by atoms with Crippen molar-refractivity contribution in [3.8, 4) is 0 Å². The molecule has 2 atom stereocenters. The Kier molecular flexibility index (Phi) is 5.33. The summed E-state index contributed by atoms with van der Waals surface area (Å²) in [6.45, 7) is 8.09. The van der Waals surface area contributed by atoms with E-state index in [1.54, 1.807) is 0 Å². The van der Waals surface area contributed by atoms with E-state index < -0.39 is 0 Å². The summed E-state index contributed by atoms with van der Waals surface area (Å²) in [5, 5.41) is 8.21. The molecule has 1 N–H and O–H groups in total. The summed E-state index contributed by atoms with van der Waals surface area (Å²) < 4.78 is 5.46. The molecule has 0 bridgehead atoms. The summed E-state index contributed by atoms with van der Waals surface area (Å²) >= 11 is 0. The maximum Gasteiger partial charge on any atom is 0.150 e. The summed E-state index contributed by atoms with van der Waals surface area (Å²) in [7, 11) is 6.33. The first-order chi connectivity index (χ1) is 11.3. The minimum Gasteiger partial charge on any atom is -0.360 e. The molecule has 24 heavy (non-hydrogen) atoms. The Hall–Kier alpha value is -0.910. The molecule has 0 aromatic carbocycles. The summed E-state index contributed by atoms with van der Waals surface area (Å²) in [5.41, 5.74) is 1.45. The molecule has 1 aliphatic carbocycles.